The number of hydrogen-bond acceptors (Lipinski definition) is 5. The van der Waals surface area contributed by atoms with E-state index in [-0.39, 0.29) is 0 Å². The van der Waals surface area contributed by atoms with Gasteiger partial charge in [-0.15, -0.1) is 0 Å². The molecular weight excluding hydrogens is 270 g/mol. The second kappa shape index (κ2) is 7.40. The molecule has 1 rings (SSSR count). The van der Waals surface area contributed by atoms with E-state index in [4.69, 9.17) is 15.2 Å². The number of esters is 2. The van der Waals surface area contributed by atoms with Gasteiger partial charge in [-0.25, -0.2) is 9.59 Å². The van der Waals surface area contributed by atoms with Gasteiger partial charge >= 0.3 is 11.9 Å². The monoisotopic (exact) mass is 289 g/mol. The third-order valence-electron chi connectivity index (χ3n) is 2.91. The number of benzene rings is 1. The van der Waals surface area contributed by atoms with Crippen LogP contribution in [0.5, 0.6) is 0 Å². The largest absolute Gasteiger partial charge is 0.418 e. The molecule has 1 aromatic carbocycles. The van der Waals surface area contributed by atoms with Crippen LogP contribution in [-0.2, 0) is 25.5 Å². The van der Waals surface area contributed by atoms with Crippen molar-refractivity contribution in [3.8, 4) is 0 Å². The first-order valence-electron chi connectivity index (χ1n) is 6.41. The summed E-state index contributed by atoms with van der Waals surface area (Å²) >= 11 is 0. The van der Waals surface area contributed by atoms with Crippen molar-refractivity contribution in [3.05, 3.63) is 61.2 Å². The number of ether oxygens (including phenoxy) is 2. The van der Waals surface area contributed by atoms with E-state index >= 15 is 0 Å². The van der Waals surface area contributed by atoms with Gasteiger partial charge in [-0.2, -0.15) is 0 Å². The Kier molecular flexibility index (Phi) is 5.87. The van der Waals surface area contributed by atoms with Crippen molar-refractivity contribution in [1.82, 2.24) is 0 Å². The van der Waals surface area contributed by atoms with Crippen LogP contribution in [0.3, 0.4) is 0 Å². The van der Waals surface area contributed by atoms with Crippen LogP contribution in [0, 0.1) is 0 Å². The molecule has 0 bridgehead atoms. The van der Waals surface area contributed by atoms with Crippen molar-refractivity contribution in [2.45, 2.75) is 25.2 Å². The number of carbonyl (C=O) groups is 2. The van der Waals surface area contributed by atoms with Crippen molar-refractivity contribution in [3.63, 3.8) is 0 Å². The van der Waals surface area contributed by atoms with Crippen LogP contribution in [0.4, 0.5) is 0 Å². The van der Waals surface area contributed by atoms with Gasteiger partial charge in [0.15, 0.2) is 0 Å². The zero-order chi connectivity index (χ0) is 15.9. The maximum Gasteiger partial charge on any atom is 0.333 e. The van der Waals surface area contributed by atoms with Gasteiger partial charge in [0.05, 0.1) is 6.04 Å². The van der Waals surface area contributed by atoms with Gasteiger partial charge < -0.3 is 15.2 Å². The SMILES string of the molecule is C=CC(=O)OC(C)(OC(=O)C=C)C(N)Cc1ccccc1. The highest BCUT2D eigenvalue weighted by molar-refractivity contribution is 5.83. The first-order chi connectivity index (χ1) is 9.91. The maximum absolute atomic E-state index is 11.4. The van der Waals surface area contributed by atoms with Gasteiger partial charge in [-0.1, -0.05) is 43.5 Å². The molecule has 0 saturated heterocycles. The zero-order valence-electron chi connectivity index (χ0n) is 12.0. The van der Waals surface area contributed by atoms with Crippen molar-refractivity contribution >= 4 is 11.9 Å². The topological polar surface area (TPSA) is 78.6 Å². The van der Waals surface area contributed by atoms with Crippen molar-refractivity contribution in [2.75, 3.05) is 0 Å². The zero-order valence-corrected chi connectivity index (χ0v) is 12.0. The molecule has 2 N–H and O–H groups in total. The predicted molar refractivity (Wildman–Crippen MR) is 79.1 cm³/mol. The Morgan fingerprint density at radius 3 is 2.10 bits per heavy atom. The minimum atomic E-state index is -1.60. The van der Waals surface area contributed by atoms with E-state index in [9.17, 15) is 9.59 Å². The Bertz CT molecular complexity index is 502. The third-order valence-corrected chi connectivity index (χ3v) is 2.91. The molecule has 1 unspecified atom stereocenters. The number of nitrogens with two attached hydrogens (primary N) is 1. The summed E-state index contributed by atoms with van der Waals surface area (Å²) in [5.41, 5.74) is 7.00. The molecule has 0 amide bonds. The molecule has 0 aliphatic carbocycles. The first kappa shape index (κ1) is 16.7. The average molecular weight is 289 g/mol. The summed E-state index contributed by atoms with van der Waals surface area (Å²) in [5, 5.41) is 0. The van der Waals surface area contributed by atoms with E-state index in [1.54, 1.807) is 0 Å². The Labute approximate surface area is 124 Å². The van der Waals surface area contributed by atoms with Crippen molar-refractivity contribution in [2.24, 2.45) is 5.73 Å². The van der Waals surface area contributed by atoms with Gasteiger partial charge in [0.25, 0.3) is 5.79 Å². The second-order valence-corrected chi connectivity index (χ2v) is 4.56. The summed E-state index contributed by atoms with van der Waals surface area (Å²) in [5.74, 6) is -3.05. The molecule has 1 aromatic rings. The predicted octanol–water partition coefficient (Wildman–Crippen LogP) is 1.73. The average Bonchev–Trinajstić information content (AvgIpc) is 2.47. The summed E-state index contributed by atoms with van der Waals surface area (Å²) in [6.07, 6.45) is 2.33. The van der Waals surface area contributed by atoms with Crippen LogP contribution in [-0.4, -0.2) is 23.8 Å². The molecule has 0 radical (unpaired) electrons. The second-order valence-electron chi connectivity index (χ2n) is 4.56. The molecule has 0 aliphatic heterocycles. The van der Waals surface area contributed by atoms with Crippen LogP contribution < -0.4 is 5.73 Å². The standard InChI is InChI=1S/C16H19NO4/c1-4-14(18)20-16(3,21-15(19)5-2)13(17)11-12-9-7-6-8-10-12/h4-10,13H,1-2,11,17H2,3H3. The van der Waals surface area contributed by atoms with Crippen molar-refractivity contribution in [1.29, 1.82) is 0 Å². The summed E-state index contributed by atoms with van der Waals surface area (Å²) < 4.78 is 10.2. The Morgan fingerprint density at radius 2 is 1.67 bits per heavy atom. The van der Waals surface area contributed by atoms with Gasteiger partial charge in [-0.05, 0) is 12.0 Å². The van der Waals surface area contributed by atoms with E-state index in [2.05, 4.69) is 13.2 Å². The summed E-state index contributed by atoms with van der Waals surface area (Å²) in [6.45, 7) is 8.06. The van der Waals surface area contributed by atoms with E-state index in [0.717, 1.165) is 17.7 Å². The molecule has 0 saturated carbocycles. The van der Waals surface area contributed by atoms with Crippen LogP contribution in [0.2, 0.25) is 0 Å². The highest BCUT2D eigenvalue weighted by Crippen LogP contribution is 2.21. The van der Waals surface area contributed by atoms with Crippen molar-refractivity contribution < 1.29 is 19.1 Å². The van der Waals surface area contributed by atoms with Gasteiger partial charge in [0.2, 0.25) is 0 Å². The highest BCUT2D eigenvalue weighted by Gasteiger charge is 2.39. The van der Waals surface area contributed by atoms with E-state index in [1.807, 2.05) is 30.3 Å². The smallest absolute Gasteiger partial charge is 0.333 e. The third kappa shape index (κ3) is 4.89. The fraction of sp³-hybridized carbons (Fsp3) is 0.250. The maximum atomic E-state index is 11.4. The summed E-state index contributed by atoms with van der Waals surface area (Å²) in [4.78, 5) is 22.9. The Balaban J connectivity index is 2.93. The van der Waals surface area contributed by atoms with E-state index < -0.39 is 23.8 Å². The van der Waals surface area contributed by atoms with Crippen LogP contribution in [0.25, 0.3) is 0 Å². The lowest BCUT2D eigenvalue weighted by Crippen LogP contribution is -2.53. The molecule has 5 heteroatoms. The Hall–Kier alpha value is -2.40. The van der Waals surface area contributed by atoms with Crippen LogP contribution in [0.1, 0.15) is 12.5 Å². The summed E-state index contributed by atoms with van der Waals surface area (Å²) in [7, 11) is 0. The molecular formula is C16H19NO4. The Morgan fingerprint density at radius 1 is 1.19 bits per heavy atom. The van der Waals surface area contributed by atoms with Gasteiger partial charge in [-0.3, -0.25) is 0 Å². The quantitative estimate of drug-likeness (QED) is 0.470. The molecule has 0 fully saturated rings. The molecule has 1 atom stereocenters. The molecule has 0 spiro atoms. The lowest BCUT2D eigenvalue weighted by atomic mass is 10.00. The molecule has 21 heavy (non-hydrogen) atoms. The fourth-order valence-corrected chi connectivity index (χ4v) is 1.71. The number of hydrogen-bond donors (Lipinski definition) is 1. The molecule has 0 heterocycles. The minimum Gasteiger partial charge on any atom is -0.418 e. The van der Waals surface area contributed by atoms with E-state index in [1.165, 1.54) is 6.92 Å². The van der Waals surface area contributed by atoms with Gasteiger partial charge in [0.1, 0.15) is 0 Å². The van der Waals surface area contributed by atoms with Crippen LogP contribution in [0.15, 0.2) is 55.6 Å². The highest BCUT2D eigenvalue weighted by atomic mass is 16.7. The molecule has 5 nitrogen and oxygen atoms in total. The first-order valence-corrected chi connectivity index (χ1v) is 6.41. The van der Waals surface area contributed by atoms with Gasteiger partial charge in [0, 0.05) is 19.1 Å². The molecule has 0 aromatic heterocycles. The molecule has 0 aliphatic rings. The summed E-state index contributed by atoms with van der Waals surface area (Å²) in [6, 6.07) is 8.63. The number of rotatable bonds is 7. The lowest BCUT2D eigenvalue weighted by Gasteiger charge is -2.33. The lowest BCUT2D eigenvalue weighted by molar-refractivity contribution is -0.222. The normalized spacial score (nSPS) is 12.1. The fourth-order valence-electron chi connectivity index (χ4n) is 1.71. The number of carbonyl (C=O) groups excluding carboxylic acids is 2. The van der Waals surface area contributed by atoms with E-state index in [0.29, 0.717) is 6.42 Å². The molecule has 112 valence electrons. The minimum absolute atomic E-state index is 0.367. The van der Waals surface area contributed by atoms with Crippen LogP contribution >= 0.6 is 0 Å².